The summed E-state index contributed by atoms with van der Waals surface area (Å²) in [6.45, 7) is 4.44. The van der Waals surface area contributed by atoms with Crippen LogP contribution in [-0.2, 0) is 6.54 Å². The van der Waals surface area contributed by atoms with Crippen LogP contribution in [0.25, 0.3) is 0 Å². The smallest absolute Gasteiger partial charge is 0.212 e. The molecule has 1 aromatic heterocycles. The Morgan fingerprint density at radius 2 is 2.22 bits per heavy atom. The highest BCUT2D eigenvalue weighted by atomic mass is 79.9. The Kier molecular flexibility index (Phi) is 3.88. The van der Waals surface area contributed by atoms with Crippen molar-refractivity contribution in [2.75, 3.05) is 0 Å². The highest BCUT2D eigenvalue weighted by Gasteiger charge is 2.20. The molecule has 2 rings (SSSR count). The zero-order valence-corrected chi connectivity index (χ0v) is 12.4. The van der Waals surface area contributed by atoms with Gasteiger partial charge in [0.1, 0.15) is 5.69 Å². The Morgan fingerprint density at radius 3 is 2.89 bits per heavy atom. The molecule has 5 heteroatoms. The van der Waals surface area contributed by atoms with E-state index in [9.17, 15) is 4.79 Å². The molecule has 2 aromatic rings. The van der Waals surface area contributed by atoms with E-state index in [4.69, 9.17) is 11.6 Å². The van der Waals surface area contributed by atoms with Gasteiger partial charge in [0.2, 0.25) is 5.78 Å². The minimum absolute atomic E-state index is 0.0989. The van der Waals surface area contributed by atoms with E-state index in [0.29, 0.717) is 22.8 Å². The Bertz CT molecular complexity index is 607. The van der Waals surface area contributed by atoms with Gasteiger partial charge in [-0.05, 0) is 25.5 Å². The monoisotopic (exact) mass is 326 g/mol. The fourth-order valence-corrected chi connectivity index (χ4v) is 2.40. The van der Waals surface area contributed by atoms with Crippen molar-refractivity contribution >= 4 is 33.3 Å². The van der Waals surface area contributed by atoms with Gasteiger partial charge in [0.15, 0.2) is 0 Å². The zero-order chi connectivity index (χ0) is 13.3. The number of hydrogen-bond donors (Lipinski definition) is 0. The standard InChI is InChI=1S/C13H12BrClN2O/c1-3-17-12(11(15)7-16-17)13(18)9-5-4-6-10(14)8(9)2/h4-7H,3H2,1-2H3. The van der Waals surface area contributed by atoms with Gasteiger partial charge >= 0.3 is 0 Å². The summed E-state index contributed by atoms with van der Waals surface area (Å²) in [4.78, 5) is 12.5. The van der Waals surface area contributed by atoms with E-state index in [0.717, 1.165) is 10.0 Å². The molecule has 0 unspecified atom stereocenters. The molecule has 0 aliphatic heterocycles. The predicted octanol–water partition coefficient (Wildman–Crippen LogP) is 3.86. The first-order chi connectivity index (χ1) is 8.56. The summed E-state index contributed by atoms with van der Waals surface area (Å²) in [5, 5.41) is 4.48. The molecule has 3 nitrogen and oxygen atoms in total. The van der Waals surface area contributed by atoms with Gasteiger partial charge in [-0.25, -0.2) is 0 Å². The molecule has 0 N–H and O–H groups in total. The fourth-order valence-electron chi connectivity index (χ4n) is 1.81. The second kappa shape index (κ2) is 5.24. The molecule has 94 valence electrons. The molecular weight excluding hydrogens is 316 g/mol. The van der Waals surface area contributed by atoms with Crippen molar-refractivity contribution in [1.82, 2.24) is 9.78 Å². The highest BCUT2D eigenvalue weighted by molar-refractivity contribution is 9.10. The molecule has 0 atom stereocenters. The Hall–Kier alpha value is -1.13. The summed E-state index contributed by atoms with van der Waals surface area (Å²) < 4.78 is 2.53. The first-order valence-electron chi connectivity index (χ1n) is 5.57. The molecule has 0 spiro atoms. The first kappa shape index (κ1) is 13.3. The second-order valence-corrected chi connectivity index (χ2v) is 5.16. The molecular formula is C13H12BrClN2O. The van der Waals surface area contributed by atoms with Crippen molar-refractivity contribution in [3.05, 3.63) is 50.7 Å². The lowest BCUT2D eigenvalue weighted by Gasteiger charge is -2.08. The first-order valence-corrected chi connectivity index (χ1v) is 6.74. The van der Waals surface area contributed by atoms with Crippen LogP contribution in [0.15, 0.2) is 28.9 Å². The van der Waals surface area contributed by atoms with E-state index < -0.39 is 0 Å². The number of carbonyl (C=O) groups excluding carboxylic acids is 1. The summed E-state index contributed by atoms with van der Waals surface area (Å²) in [5.41, 5.74) is 1.99. The van der Waals surface area contributed by atoms with Gasteiger partial charge < -0.3 is 0 Å². The van der Waals surface area contributed by atoms with Gasteiger partial charge in [0.05, 0.1) is 11.2 Å². The average Bonchev–Trinajstić information content (AvgIpc) is 2.73. The predicted molar refractivity (Wildman–Crippen MR) is 75.2 cm³/mol. The largest absolute Gasteiger partial charge is 0.287 e. The van der Waals surface area contributed by atoms with E-state index in [1.165, 1.54) is 6.20 Å². The van der Waals surface area contributed by atoms with Gasteiger partial charge in [0, 0.05) is 16.6 Å². The van der Waals surface area contributed by atoms with Crippen LogP contribution in [0.1, 0.15) is 28.5 Å². The minimum Gasteiger partial charge on any atom is -0.287 e. The molecule has 0 aliphatic carbocycles. The normalized spacial score (nSPS) is 10.7. The zero-order valence-electron chi connectivity index (χ0n) is 10.1. The van der Waals surface area contributed by atoms with Crippen molar-refractivity contribution in [3.63, 3.8) is 0 Å². The maximum Gasteiger partial charge on any atom is 0.212 e. The van der Waals surface area contributed by atoms with Crippen LogP contribution in [-0.4, -0.2) is 15.6 Å². The molecule has 0 saturated heterocycles. The van der Waals surface area contributed by atoms with Crippen LogP contribution in [0, 0.1) is 6.92 Å². The number of hydrogen-bond acceptors (Lipinski definition) is 2. The summed E-state index contributed by atoms with van der Waals surface area (Å²) in [7, 11) is 0. The number of halogens is 2. The lowest BCUT2D eigenvalue weighted by Crippen LogP contribution is -2.12. The maximum atomic E-state index is 12.5. The third-order valence-corrected chi connectivity index (χ3v) is 3.96. The number of benzene rings is 1. The van der Waals surface area contributed by atoms with Crippen LogP contribution in [0.2, 0.25) is 5.02 Å². The van der Waals surface area contributed by atoms with Gasteiger partial charge in [0.25, 0.3) is 0 Å². The lowest BCUT2D eigenvalue weighted by atomic mass is 10.0. The van der Waals surface area contributed by atoms with E-state index in [-0.39, 0.29) is 5.78 Å². The van der Waals surface area contributed by atoms with Crippen LogP contribution in [0.3, 0.4) is 0 Å². The molecule has 1 aromatic carbocycles. The Labute approximate surface area is 119 Å². The van der Waals surface area contributed by atoms with Gasteiger partial charge in [-0.2, -0.15) is 5.10 Å². The quantitative estimate of drug-likeness (QED) is 0.802. The number of ketones is 1. The summed E-state index contributed by atoms with van der Waals surface area (Å²) >= 11 is 9.47. The third-order valence-electron chi connectivity index (χ3n) is 2.82. The van der Waals surface area contributed by atoms with E-state index in [2.05, 4.69) is 21.0 Å². The van der Waals surface area contributed by atoms with Crippen molar-refractivity contribution in [1.29, 1.82) is 0 Å². The lowest BCUT2D eigenvalue weighted by molar-refractivity contribution is 0.102. The second-order valence-electron chi connectivity index (χ2n) is 3.90. The molecule has 0 amide bonds. The maximum absolute atomic E-state index is 12.5. The SMILES string of the molecule is CCn1ncc(Cl)c1C(=O)c1cccc(Br)c1C. The van der Waals surface area contributed by atoms with Gasteiger partial charge in [-0.3, -0.25) is 9.48 Å². The summed E-state index contributed by atoms with van der Waals surface area (Å²) in [6, 6.07) is 5.54. The van der Waals surface area contributed by atoms with Crippen LogP contribution in [0.5, 0.6) is 0 Å². The van der Waals surface area contributed by atoms with Gasteiger partial charge in [-0.1, -0.05) is 39.7 Å². The Balaban J connectivity index is 2.55. The van der Waals surface area contributed by atoms with Crippen LogP contribution in [0.4, 0.5) is 0 Å². The van der Waals surface area contributed by atoms with E-state index in [1.54, 1.807) is 10.7 Å². The van der Waals surface area contributed by atoms with Crippen molar-refractivity contribution in [3.8, 4) is 0 Å². The topological polar surface area (TPSA) is 34.9 Å². The highest BCUT2D eigenvalue weighted by Crippen LogP contribution is 2.24. The van der Waals surface area contributed by atoms with Crippen molar-refractivity contribution in [2.45, 2.75) is 20.4 Å². The molecule has 0 saturated carbocycles. The van der Waals surface area contributed by atoms with E-state index in [1.807, 2.05) is 26.0 Å². The molecule has 1 heterocycles. The Morgan fingerprint density at radius 1 is 1.50 bits per heavy atom. The molecule has 18 heavy (non-hydrogen) atoms. The fraction of sp³-hybridized carbons (Fsp3) is 0.231. The van der Waals surface area contributed by atoms with Crippen LogP contribution < -0.4 is 0 Å². The summed E-state index contributed by atoms with van der Waals surface area (Å²) in [5.74, 6) is -0.0989. The number of nitrogens with zero attached hydrogens (tertiary/aromatic N) is 2. The number of aromatic nitrogens is 2. The van der Waals surface area contributed by atoms with Crippen molar-refractivity contribution in [2.24, 2.45) is 0 Å². The van der Waals surface area contributed by atoms with E-state index >= 15 is 0 Å². The number of carbonyl (C=O) groups is 1. The summed E-state index contributed by atoms with van der Waals surface area (Å²) in [6.07, 6.45) is 1.51. The molecule has 0 bridgehead atoms. The molecule has 0 aliphatic rings. The van der Waals surface area contributed by atoms with Crippen LogP contribution >= 0.6 is 27.5 Å². The number of rotatable bonds is 3. The number of aryl methyl sites for hydroxylation is 1. The third kappa shape index (κ3) is 2.22. The molecule has 0 radical (unpaired) electrons. The molecule has 0 fully saturated rings. The van der Waals surface area contributed by atoms with Crippen molar-refractivity contribution < 1.29 is 4.79 Å². The average molecular weight is 328 g/mol. The van der Waals surface area contributed by atoms with Gasteiger partial charge in [-0.15, -0.1) is 0 Å². The minimum atomic E-state index is -0.0989.